The van der Waals surface area contributed by atoms with E-state index in [1.165, 1.54) is 6.07 Å². The standard InChI is InChI=1S/C21H21FN2O/c1-13-10-19-20(11-14(13)2)24(12-15-6-3-4-8-17(15)22)21(25)16-7-5-9-18(16)23-19/h3-4,6,8,10-11,16H,5,7,9,12H2,1-2H3/t16-/m1/s1. The molecule has 1 fully saturated rings. The highest BCUT2D eigenvalue weighted by Crippen LogP contribution is 2.40. The molecule has 0 saturated heterocycles. The van der Waals surface area contributed by atoms with Gasteiger partial charge in [0.2, 0.25) is 5.91 Å². The summed E-state index contributed by atoms with van der Waals surface area (Å²) in [6, 6.07) is 10.7. The molecule has 0 bridgehead atoms. The highest BCUT2D eigenvalue weighted by atomic mass is 19.1. The zero-order valence-electron chi connectivity index (χ0n) is 14.6. The van der Waals surface area contributed by atoms with Gasteiger partial charge in [0.15, 0.2) is 0 Å². The maximum absolute atomic E-state index is 14.2. The highest BCUT2D eigenvalue weighted by Gasteiger charge is 2.36. The summed E-state index contributed by atoms with van der Waals surface area (Å²) in [4.78, 5) is 19.8. The molecule has 0 unspecified atom stereocenters. The summed E-state index contributed by atoms with van der Waals surface area (Å²) in [5.74, 6) is -0.404. The van der Waals surface area contributed by atoms with Crippen LogP contribution in [-0.2, 0) is 11.3 Å². The maximum atomic E-state index is 14.2. The van der Waals surface area contributed by atoms with Crippen LogP contribution in [0.5, 0.6) is 0 Å². The number of rotatable bonds is 2. The number of halogens is 1. The topological polar surface area (TPSA) is 32.7 Å². The fraction of sp³-hybridized carbons (Fsp3) is 0.333. The van der Waals surface area contributed by atoms with Crippen LogP contribution < -0.4 is 4.90 Å². The van der Waals surface area contributed by atoms with E-state index in [4.69, 9.17) is 4.99 Å². The van der Waals surface area contributed by atoms with Gasteiger partial charge in [-0.1, -0.05) is 18.2 Å². The van der Waals surface area contributed by atoms with E-state index in [0.29, 0.717) is 5.56 Å². The van der Waals surface area contributed by atoms with Crippen LogP contribution in [0.4, 0.5) is 15.8 Å². The molecule has 2 aromatic carbocycles. The molecule has 128 valence electrons. The lowest BCUT2D eigenvalue weighted by Crippen LogP contribution is -2.36. The maximum Gasteiger partial charge on any atom is 0.236 e. The van der Waals surface area contributed by atoms with Gasteiger partial charge in [0.05, 0.1) is 23.8 Å². The van der Waals surface area contributed by atoms with Crippen molar-refractivity contribution < 1.29 is 9.18 Å². The number of carbonyl (C=O) groups is 1. The van der Waals surface area contributed by atoms with E-state index in [2.05, 4.69) is 6.92 Å². The van der Waals surface area contributed by atoms with Gasteiger partial charge in [0.25, 0.3) is 0 Å². The Morgan fingerprint density at radius 1 is 1.20 bits per heavy atom. The third kappa shape index (κ3) is 2.76. The summed E-state index contributed by atoms with van der Waals surface area (Å²) in [7, 11) is 0. The second-order valence-corrected chi connectivity index (χ2v) is 6.99. The largest absolute Gasteiger partial charge is 0.305 e. The molecule has 1 aliphatic carbocycles. The van der Waals surface area contributed by atoms with Crippen molar-refractivity contribution in [2.24, 2.45) is 10.9 Å². The molecule has 1 heterocycles. The summed E-state index contributed by atoms with van der Waals surface area (Å²) in [5.41, 5.74) is 5.38. The van der Waals surface area contributed by atoms with Gasteiger partial charge in [-0.05, 0) is 62.4 Å². The fourth-order valence-electron chi connectivity index (χ4n) is 3.74. The average molecular weight is 336 g/mol. The van der Waals surface area contributed by atoms with Gasteiger partial charge in [-0.25, -0.2) is 4.39 Å². The van der Waals surface area contributed by atoms with Crippen molar-refractivity contribution in [3.05, 3.63) is 58.9 Å². The molecule has 2 aromatic rings. The zero-order valence-corrected chi connectivity index (χ0v) is 14.6. The Kier molecular flexibility index (Phi) is 3.91. The first-order valence-electron chi connectivity index (χ1n) is 8.78. The average Bonchev–Trinajstić information content (AvgIpc) is 3.01. The lowest BCUT2D eigenvalue weighted by Gasteiger charge is -2.26. The van der Waals surface area contributed by atoms with Crippen LogP contribution in [0.1, 0.15) is 36.0 Å². The van der Waals surface area contributed by atoms with E-state index in [1.54, 1.807) is 23.1 Å². The van der Waals surface area contributed by atoms with E-state index in [1.807, 2.05) is 19.1 Å². The third-order valence-corrected chi connectivity index (χ3v) is 5.32. The van der Waals surface area contributed by atoms with Crippen LogP contribution in [-0.4, -0.2) is 11.6 Å². The minimum Gasteiger partial charge on any atom is -0.305 e. The van der Waals surface area contributed by atoms with Crippen LogP contribution >= 0.6 is 0 Å². The molecule has 3 nitrogen and oxygen atoms in total. The Morgan fingerprint density at radius 2 is 1.96 bits per heavy atom. The fourth-order valence-corrected chi connectivity index (χ4v) is 3.74. The molecule has 25 heavy (non-hydrogen) atoms. The number of aryl methyl sites for hydroxylation is 2. The Bertz CT molecular complexity index is 887. The first-order valence-corrected chi connectivity index (χ1v) is 8.78. The first-order chi connectivity index (χ1) is 12.0. The number of amides is 1. The van der Waals surface area contributed by atoms with Crippen molar-refractivity contribution in [3.63, 3.8) is 0 Å². The minimum absolute atomic E-state index is 0.0431. The van der Waals surface area contributed by atoms with Crippen molar-refractivity contribution >= 4 is 23.0 Å². The summed E-state index contributed by atoms with van der Waals surface area (Å²) in [6.45, 7) is 4.32. The zero-order chi connectivity index (χ0) is 17.6. The van der Waals surface area contributed by atoms with Gasteiger partial charge in [-0.15, -0.1) is 0 Å². The molecule has 2 aliphatic rings. The van der Waals surface area contributed by atoms with E-state index in [9.17, 15) is 9.18 Å². The second-order valence-electron chi connectivity index (χ2n) is 6.99. The van der Waals surface area contributed by atoms with E-state index < -0.39 is 0 Å². The lowest BCUT2D eigenvalue weighted by molar-refractivity contribution is -0.120. The molecule has 1 saturated carbocycles. The van der Waals surface area contributed by atoms with Gasteiger partial charge >= 0.3 is 0 Å². The molecule has 1 amide bonds. The molecule has 0 N–H and O–H groups in total. The van der Waals surface area contributed by atoms with E-state index >= 15 is 0 Å². The Morgan fingerprint density at radius 3 is 2.76 bits per heavy atom. The van der Waals surface area contributed by atoms with E-state index in [-0.39, 0.29) is 24.2 Å². The molecule has 0 spiro atoms. The molecular weight excluding hydrogens is 315 g/mol. The minimum atomic E-state index is -0.280. The molecular formula is C21H21FN2O. The summed E-state index contributed by atoms with van der Waals surface area (Å²) in [5, 5.41) is 0. The van der Waals surface area contributed by atoms with Gasteiger partial charge < -0.3 is 4.90 Å². The Labute approximate surface area is 147 Å². The van der Waals surface area contributed by atoms with Crippen LogP contribution in [0.2, 0.25) is 0 Å². The molecule has 1 atom stereocenters. The van der Waals surface area contributed by atoms with Gasteiger partial charge in [0, 0.05) is 11.3 Å². The number of carbonyl (C=O) groups excluding carboxylic acids is 1. The predicted octanol–water partition coefficient (Wildman–Crippen LogP) is 4.86. The summed E-state index contributed by atoms with van der Waals surface area (Å²) < 4.78 is 14.2. The number of anilines is 1. The number of hydrogen-bond donors (Lipinski definition) is 0. The van der Waals surface area contributed by atoms with Crippen molar-refractivity contribution in [3.8, 4) is 0 Å². The Balaban J connectivity index is 1.85. The van der Waals surface area contributed by atoms with E-state index in [0.717, 1.165) is 47.5 Å². The number of nitrogens with zero attached hydrogens (tertiary/aromatic N) is 2. The number of benzene rings is 2. The summed E-state index contributed by atoms with van der Waals surface area (Å²) >= 11 is 0. The van der Waals surface area contributed by atoms with Crippen LogP contribution in [0.15, 0.2) is 41.4 Å². The molecule has 1 aliphatic heterocycles. The first kappa shape index (κ1) is 16.0. The van der Waals surface area contributed by atoms with Gasteiger partial charge in [-0.2, -0.15) is 0 Å². The molecule has 4 rings (SSSR count). The predicted molar refractivity (Wildman–Crippen MR) is 97.9 cm³/mol. The van der Waals surface area contributed by atoms with Crippen molar-refractivity contribution in [1.29, 1.82) is 0 Å². The molecule has 0 aromatic heterocycles. The van der Waals surface area contributed by atoms with Crippen LogP contribution in [0.25, 0.3) is 0 Å². The normalized spacial score (nSPS) is 19.3. The second kappa shape index (κ2) is 6.10. The molecule has 0 radical (unpaired) electrons. The highest BCUT2D eigenvalue weighted by molar-refractivity contribution is 6.15. The van der Waals surface area contributed by atoms with Gasteiger partial charge in [0.1, 0.15) is 5.82 Å². The van der Waals surface area contributed by atoms with Crippen LogP contribution in [0, 0.1) is 25.6 Å². The molecule has 4 heteroatoms. The van der Waals surface area contributed by atoms with Gasteiger partial charge in [-0.3, -0.25) is 9.79 Å². The third-order valence-electron chi connectivity index (χ3n) is 5.32. The number of fused-ring (bicyclic) bond motifs is 2. The Hall–Kier alpha value is -2.49. The monoisotopic (exact) mass is 336 g/mol. The van der Waals surface area contributed by atoms with Crippen molar-refractivity contribution in [1.82, 2.24) is 0 Å². The number of aliphatic imine (C=N–C) groups is 1. The SMILES string of the molecule is Cc1cc2c(cc1C)N(Cc1ccccc1F)C(=O)[C@@H]1CCCC1=N2. The smallest absolute Gasteiger partial charge is 0.236 e. The lowest BCUT2D eigenvalue weighted by atomic mass is 10.0. The van der Waals surface area contributed by atoms with Crippen molar-refractivity contribution in [2.45, 2.75) is 39.7 Å². The summed E-state index contributed by atoms with van der Waals surface area (Å²) in [6.07, 6.45) is 2.69. The van der Waals surface area contributed by atoms with Crippen LogP contribution in [0.3, 0.4) is 0 Å². The number of hydrogen-bond acceptors (Lipinski definition) is 2. The quantitative estimate of drug-likeness (QED) is 0.771. The van der Waals surface area contributed by atoms with Crippen molar-refractivity contribution in [2.75, 3.05) is 4.90 Å².